The van der Waals surface area contributed by atoms with E-state index in [4.69, 9.17) is 4.52 Å². The molecule has 2 rings (SSSR count). The minimum absolute atomic E-state index is 0.178. The van der Waals surface area contributed by atoms with Crippen molar-refractivity contribution in [2.75, 3.05) is 26.2 Å². The average Bonchev–Trinajstić information content (AvgIpc) is 2.67. The van der Waals surface area contributed by atoms with Crippen molar-refractivity contribution >= 4 is 11.8 Å². The van der Waals surface area contributed by atoms with Gasteiger partial charge in [-0.05, 0) is 19.9 Å². The van der Waals surface area contributed by atoms with Gasteiger partial charge in [-0.2, -0.15) is 0 Å². The number of hydrogen-bond acceptors (Lipinski definition) is 5. The second kappa shape index (κ2) is 6.33. The Bertz CT molecular complexity index is 450. The van der Waals surface area contributed by atoms with Gasteiger partial charge in [0, 0.05) is 25.7 Å². The number of carbonyl (C=O) groups excluding carboxylic acids is 2. The Balaban J connectivity index is 1.83. The average molecular weight is 266 g/mol. The highest BCUT2D eigenvalue weighted by atomic mass is 16.5. The van der Waals surface area contributed by atoms with E-state index in [1.54, 1.807) is 17.9 Å². The minimum atomic E-state index is -0.601. The van der Waals surface area contributed by atoms with E-state index in [1.807, 2.05) is 0 Å². The van der Waals surface area contributed by atoms with E-state index in [9.17, 15) is 9.59 Å². The third-order valence-corrected chi connectivity index (χ3v) is 2.92. The second-order valence-electron chi connectivity index (χ2n) is 4.51. The number of nitrogens with one attached hydrogen (secondary N) is 2. The minimum Gasteiger partial charge on any atom is -0.359 e. The van der Waals surface area contributed by atoms with Crippen LogP contribution in [-0.4, -0.2) is 48.0 Å². The molecule has 0 saturated carbocycles. The molecule has 0 atom stereocenters. The predicted octanol–water partition coefficient (Wildman–Crippen LogP) is -0.579. The fraction of sp³-hybridized carbons (Fsp3) is 0.583. The fourth-order valence-electron chi connectivity index (χ4n) is 1.94. The quantitative estimate of drug-likeness (QED) is 0.699. The summed E-state index contributed by atoms with van der Waals surface area (Å²) >= 11 is 0. The van der Waals surface area contributed by atoms with Gasteiger partial charge in [0.05, 0.1) is 12.2 Å². The largest absolute Gasteiger partial charge is 0.359 e. The Hall–Kier alpha value is -1.89. The summed E-state index contributed by atoms with van der Waals surface area (Å²) in [5.74, 6) is -0.549. The van der Waals surface area contributed by atoms with Gasteiger partial charge in [0.25, 0.3) is 0 Å². The van der Waals surface area contributed by atoms with Crippen molar-refractivity contribution < 1.29 is 14.1 Å². The second-order valence-corrected chi connectivity index (χ2v) is 4.51. The lowest BCUT2D eigenvalue weighted by Crippen LogP contribution is -2.44. The summed E-state index contributed by atoms with van der Waals surface area (Å²) in [6.07, 6.45) is 0.861. The molecule has 1 aliphatic heterocycles. The molecule has 2 heterocycles. The van der Waals surface area contributed by atoms with Crippen LogP contribution in [0.15, 0.2) is 10.6 Å². The first kappa shape index (κ1) is 13.5. The molecule has 2 amide bonds. The van der Waals surface area contributed by atoms with Crippen molar-refractivity contribution in [2.24, 2.45) is 0 Å². The molecule has 0 bridgehead atoms. The van der Waals surface area contributed by atoms with Gasteiger partial charge in [0.15, 0.2) is 5.76 Å². The number of hydrogen-bond donors (Lipinski definition) is 2. The van der Waals surface area contributed by atoms with Crippen LogP contribution >= 0.6 is 0 Å². The molecule has 1 aromatic rings. The van der Waals surface area contributed by atoms with Crippen LogP contribution < -0.4 is 10.6 Å². The Morgan fingerprint density at radius 1 is 1.47 bits per heavy atom. The summed E-state index contributed by atoms with van der Waals surface area (Å²) in [5, 5.41) is 9.44. The Morgan fingerprint density at radius 2 is 2.32 bits per heavy atom. The van der Waals surface area contributed by atoms with Crippen LogP contribution in [0.1, 0.15) is 17.9 Å². The SMILES string of the molecule is Cc1cc(CNC(=O)C(=O)N2CCCNCC2)on1. The highest BCUT2D eigenvalue weighted by Gasteiger charge is 2.22. The van der Waals surface area contributed by atoms with Gasteiger partial charge in [-0.25, -0.2) is 0 Å². The molecule has 0 radical (unpaired) electrons. The van der Waals surface area contributed by atoms with E-state index in [0.717, 1.165) is 25.2 Å². The lowest BCUT2D eigenvalue weighted by atomic mass is 10.3. The lowest BCUT2D eigenvalue weighted by molar-refractivity contribution is -0.145. The zero-order chi connectivity index (χ0) is 13.7. The number of aromatic nitrogens is 1. The van der Waals surface area contributed by atoms with Crippen molar-refractivity contribution in [3.05, 3.63) is 17.5 Å². The highest BCUT2D eigenvalue weighted by Crippen LogP contribution is 2.01. The third-order valence-electron chi connectivity index (χ3n) is 2.92. The summed E-state index contributed by atoms with van der Waals surface area (Å²) in [5.41, 5.74) is 0.745. The third kappa shape index (κ3) is 3.78. The first-order valence-corrected chi connectivity index (χ1v) is 6.37. The number of amides is 2. The molecule has 7 heteroatoms. The van der Waals surface area contributed by atoms with Crippen LogP contribution in [0, 0.1) is 6.92 Å². The molecule has 0 aromatic carbocycles. The van der Waals surface area contributed by atoms with Crippen LogP contribution in [0.4, 0.5) is 0 Å². The molecule has 19 heavy (non-hydrogen) atoms. The maximum Gasteiger partial charge on any atom is 0.311 e. The van der Waals surface area contributed by atoms with Gasteiger partial charge in [0.1, 0.15) is 0 Å². The number of carbonyl (C=O) groups is 2. The van der Waals surface area contributed by atoms with Gasteiger partial charge < -0.3 is 20.1 Å². The Kier molecular flexibility index (Phi) is 4.51. The molecule has 0 aliphatic carbocycles. The normalized spacial score (nSPS) is 15.9. The molecule has 0 unspecified atom stereocenters. The molecular formula is C12H18N4O3. The van der Waals surface area contributed by atoms with Gasteiger partial charge in [-0.15, -0.1) is 0 Å². The molecule has 7 nitrogen and oxygen atoms in total. The first-order valence-electron chi connectivity index (χ1n) is 6.37. The van der Waals surface area contributed by atoms with Crippen LogP contribution in [0.2, 0.25) is 0 Å². The van der Waals surface area contributed by atoms with Crippen LogP contribution in [0.25, 0.3) is 0 Å². The molecule has 0 spiro atoms. The Labute approximate surface area is 111 Å². The van der Waals surface area contributed by atoms with E-state index in [-0.39, 0.29) is 6.54 Å². The van der Waals surface area contributed by atoms with Crippen molar-refractivity contribution in [2.45, 2.75) is 19.9 Å². The lowest BCUT2D eigenvalue weighted by Gasteiger charge is -2.18. The number of aryl methyl sites for hydroxylation is 1. The first-order chi connectivity index (χ1) is 9.16. The molecule has 104 valence electrons. The zero-order valence-corrected chi connectivity index (χ0v) is 10.9. The molecular weight excluding hydrogens is 248 g/mol. The number of nitrogens with zero attached hydrogens (tertiary/aromatic N) is 2. The van der Waals surface area contributed by atoms with E-state index in [0.29, 0.717) is 18.8 Å². The van der Waals surface area contributed by atoms with E-state index in [2.05, 4.69) is 15.8 Å². The molecule has 1 aromatic heterocycles. The highest BCUT2D eigenvalue weighted by molar-refractivity contribution is 6.34. The van der Waals surface area contributed by atoms with Crippen molar-refractivity contribution in [1.82, 2.24) is 20.7 Å². The topological polar surface area (TPSA) is 87.5 Å². The molecule has 1 fully saturated rings. The molecule has 1 aliphatic rings. The maximum atomic E-state index is 11.9. The number of rotatable bonds is 2. The van der Waals surface area contributed by atoms with Gasteiger partial charge >= 0.3 is 11.8 Å². The van der Waals surface area contributed by atoms with Gasteiger partial charge in [-0.1, -0.05) is 5.16 Å². The molecule has 1 saturated heterocycles. The monoisotopic (exact) mass is 266 g/mol. The standard InChI is InChI=1S/C12H18N4O3/c1-9-7-10(19-15-9)8-14-11(17)12(18)16-5-2-3-13-4-6-16/h7,13H,2-6,8H2,1H3,(H,14,17). The smallest absolute Gasteiger partial charge is 0.311 e. The van der Waals surface area contributed by atoms with Crippen molar-refractivity contribution in [3.63, 3.8) is 0 Å². The predicted molar refractivity (Wildman–Crippen MR) is 67.2 cm³/mol. The van der Waals surface area contributed by atoms with E-state index < -0.39 is 11.8 Å². The zero-order valence-electron chi connectivity index (χ0n) is 10.9. The van der Waals surface area contributed by atoms with Gasteiger partial charge in [0.2, 0.25) is 0 Å². The summed E-state index contributed by atoms with van der Waals surface area (Å²) in [6, 6.07) is 1.72. The van der Waals surface area contributed by atoms with E-state index >= 15 is 0 Å². The van der Waals surface area contributed by atoms with Gasteiger partial charge in [-0.3, -0.25) is 9.59 Å². The summed E-state index contributed by atoms with van der Waals surface area (Å²) < 4.78 is 4.96. The van der Waals surface area contributed by atoms with Crippen LogP contribution in [0.5, 0.6) is 0 Å². The van der Waals surface area contributed by atoms with Crippen molar-refractivity contribution in [3.8, 4) is 0 Å². The fourth-order valence-corrected chi connectivity index (χ4v) is 1.94. The maximum absolute atomic E-state index is 11.9. The van der Waals surface area contributed by atoms with Crippen LogP contribution in [-0.2, 0) is 16.1 Å². The summed E-state index contributed by atoms with van der Waals surface area (Å²) in [6.45, 7) is 4.75. The van der Waals surface area contributed by atoms with E-state index in [1.165, 1.54) is 0 Å². The van der Waals surface area contributed by atoms with Crippen molar-refractivity contribution in [1.29, 1.82) is 0 Å². The molecule has 2 N–H and O–H groups in total. The Morgan fingerprint density at radius 3 is 3.05 bits per heavy atom. The summed E-state index contributed by atoms with van der Waals surface area (Å²) in [4.78, 5) is 25.2. The summed E-state index contributed by atoms with van der Waals surface area (Å²) in [7, 11) is 0. The van der Waals surface area contributed by atoms with Crippen LogP contribution in [0.3, 0.4) is 0 Å².